The topological polar surface area (TPSA) is 92.5 Å². The molecule has 0 spiro atoms. The molecule has 3 heterocycles. The van der Waals surface area contributed by atoms with Gasteiger partial charge in [-0.2, -0.15) is 0 Å². The maximum Gasteiger partial charge on any atom is 0.346 e. The van der Waals surface area contributed by atoms with Gasteiger partial charge in [0.25, 0.3) is 5.56 Å². The number of amides is 1. The monoisotopic (exact) mass is 349 g/mol. The van der Waals surface area contributed by atoms with Gasteiger partial charge >= 0.3 is 5.97 Å². The highest BCUT2D eigenvalue weighted by Gasteiger charge is 2.21. The lowest BCUT2D eigenvalue weighted by atomic mass is 10.2. The van der Waals surface area contributed by atoms with E-state index in [-0.39, 0.29) is 22.9 Å². The molecule has 2 aromatic rings. The second-order valence-electron chi connectivity index (χ2n) is 6.01. The number of hydrogen-bond donors (Lipinski definition) is 1. The fraction of sp³-hybridized carbons (Fsp3) is 0.500. The summed E-state index contributed by atoms with van der Waals surface area (Å²) in [6, 6.07) is 0. The van der Waals surface area contributed by atoms with Gasteiger partial charge in [-0.3, -0.25) is 14.2 Å². The molecule has 1 saturated heterocycles. The second kappa shape index (κ2) is 6.72. The van der Waals surface area contributed by atoms with E-state index in [0.29, 0.717) is 15.8 Å². The molecule has 8 heteroatoms. The van der Waals surface area contributed by atoms with Crippen molar-refractivity contribution in [3.8, 4) is 0 Å². The van der Waals surface area contributed by atoms with Crippen LogP contribution in [-0.4, -0.2) is 44.5 Å². The number of thiophene rings is 1. The Kier molecular flexibility index (Phi) is 4.66. The summed E-state index contributed by atoms with van der Waals surface area (Å²) < 4.78 is 1.28. The predicted molar refractivity (Wildman–Crippen MR) is 90.6 cm³/mol. The van der Waals surface area contributed by atoms with Gasteiger partial charge in [-0.15, -0.1) is 11.3 Å². The molecule has 1 fully saturated rings. The third-order valence-corrected chi connectivity index (χ3v) is 5.56. The number of aromatic nitrogens is 2. The Hall–Kier alpha value is -2.22. The number of aromatic carboxylic acids is 1. The van der Waals surface area contributed by atoms with Crippen LogP contribution in [0.3, 0.4) is 0 Å². The first kappa shape index (κ1) is 16.6. The van der Waals surface area contributed by atoms with E-state index >= 15 is 0 Å². The van der Waals surface area contributed by atoms with Crippen LogP contribution in [-0.2, 0) is 11.3 Å². The SMILES string of the molecule is Cc1c(C(=O)O)sc2ncn(CC(=O)N3CCCCCC3)c(=O)c12. The van der Waals surface area contributed by atoms with Crippen LogP contribution in [0.25, 0.3) is 10.2 Å². The van der Waals surface area contributed by atoms with Crippen molar-refractivity contribution in [2.45, 2.75) is 39.2 Å². The molecule has 3 rings (SSSR count). The fourth-order valence-electron chi connectivity index (χ4n) is 3.04. The molecule has 0 radical (unpaired) electrons. The molecule has 0 unspecified atom stereocenters. The summed E-state index contributed by atoms with van der Waals surface area (Å²) in [5, 5.41) is 9.48. The number of likely N-dealkylation sites (tertiary alicyclic amines) is 1. The molecule has 0 aromatic carbocycles. The Labute approximate surface area is 142 Å². The van der Waals surface area contributed by atoms with Gasteiger partial charge < -0.3 is 10.0 Å². The quantitative estimate of drug-likeness (QED) is 0.913. The summed E-state index contributed by atoms with van der Waals surface area (Å²) in [6.07, 6.45) is 5.57. The molecular formula is C16H19N3O4S. The second-order valence-corrected chi connectivity index (χ2v) is 7.01. The minimum atomic E-state index is -1.07. The number of carbonyl (C=O) groups is 2. The third kappa shape index (κ3) is 3.06. The Bertz CT molecular complexity index is 847. The zero-order valence-electron chi connectivity index (χ0n) is 13.4. The van der Waals surface area contributed by atoms with Gasteiger partial charge in [0.2, 0.25) is 5.91 Å². The molecule has 0 bridgehead atoms. The van der Waals surface area contributed by atoms with E-state index in [0.717, 1.165) is 50.1 Å². The average molecular weight is 349 g/mol. The number of fused-ring (bicyclic) bond motifs is 1. The van der Waals surface area contributed by atoms with E-state index in [1.807, 2.05) is 0 Å². The number of rotatable bonds is 3. The standard InChI is InChI=1S/C16H19N3O4S/c1-10-12-14(24-13(10)16(22)23)17-9-19(15(12)21)8-11(20)18-6-4-2-3-5-7-18/h9H,2-8H2,1H3,(H,22,23). The molecule has 128 valence electrons. The smallest absolute Gasteiger partial charge is 0.346 e. The van der Waals surface area contributed by atoms with Gasteiger partial charge in [0.15, 0.2) is 0 Å². The number of carboxylic acid groups (broad SMARTS) is 1. The summed E-state index contributed by atoms with van der Waals surface area (Å²) in [6.45, 7) is 3.00. The number of nitrogens with zero attached hydrogens (tertiary/aromatic N) is 3. The lowest BCUT2D eigenvalue weighted by Crippen LogP contribution is -2.37. The van der Waals surface area contributed by atoms with E-state index in [4.69, 9.17) is 0 Å². The van der Waals surface area contributed by atoms with Crippen molar-refractivity contribution in [1.82, 2.24) is 14.5 Å². The van der Waals surface area contributed by atoms with E-state index in [1.165, 1.54) is 10.9 Å². The number of hydrogen-bond acceptors (Lipinski definition) is 5. The normalized spacial score (nSPS) is 15.5. The zero-order chi connectivity index (χ0) is 17.3. The van der Waals surface area contributed by atoms with Gasteiger partial charge in [0.1, 0.15) is 16.3 Å². The first-order valence-corrected chi connectivity index (χ1v) is 8.80. The number of aryl methyl sites for hydroxylation is 1. The van der Waals surface area contributed by atoms with Crippen LogP contribution in [0.1, 0.15) is 40.9 Å². The first-order chi connectivity index (χ1) is 11.5. The fourth-order valence-corrected chi connectivity index (χ4v) is 4.02. The van der Waals surface area contributed by atoms with Crippen LogP contribution in [0, 0.1) is 6.92 Å². The van der Waals surface area contributed by atoms with Crippen molar-refractivity contribution in [2.24, 2.45) is 0 Å². The van der Waals surface area contributed by atoms with Gasteiger partial charge in [0, 0.05) is 13.1 Å². The molecule has 2 aromatic heterocycles. The van der Waals surface area contributed by atoms with Crippen molar-refractivity contribution < 1.29 is 14.7 Å². The summed E-state index contributed by atoms with van der Waals surface area (Å²) in [7, 11) is 0. The Morgan fingerprint density at radius 1 is 1.25 bits per heavy atom. The number of carbonyl (C=O) groups excluding carboxylic acids is 1. The van der Waals surface area contributed by atoms with E-state index in [1.54, 1.807) is 11.8 Å². The van der Waals surface area contributed by atoms with Crippen molar-refractivity contribution in [3.05, 3.63) is 27.1 Å². The first-order valence-electron chi connectivity index (χ1n) is 7.98. The molecule has 24 heavy (non-hydrogen) atoms. The molecule has 0 atom stereocenters. The van der Waals surface area contributed by atoms with Crippen LogP contribution < -0.4 is 5.56 Å². The predicted octanol–water partition coefficient (Wildman–Crippen LogP) is 1.87. The summed E-state index contributed by atoms with van der Waals surface area (Å²) >= 11 is 0.985. The molecular weight excluding hydrogens is 330 g/mol. The van der Waals surface area contributed by atoms with Gasteiger partial charge in [-0.25, -0.2) is 9.78 Å². The van der Waals surface area contributed by atoms with Crippen molar-refractivity contribution in [1.29, 1.82) is 0 Å². The van der Waals surface area contributed by atoms with Gasteiger partial charge in [0.05, 0.1) is 11.7 Å². The Morgan fingerprint density at radius 2 is 1.92 bits per heavy atom. The Balaban J connectivity index is 1.91. The lowest BCUT2D eigenvalue weighted by Gasteiger charge is -2.20. The van der Waals surface area contributed by atoms with Crippen LogP contribution in [0.4, 0.5) is 0 Å². The van der Waals surface area contributed by atoms with Crippen LogP contribution in [0.15, 0.2) is 11.1 Å². The summed E-state index contributed by atoms with van der Waals surface area (Å²) in [5.41, 5.74) is 0.0565. The highest BCUT2D eigenvalue weighted by atomic mass is 32.1. The highest BCUT2D eigenvalue weighted by molar-refractivity contribution is 7.20. The molecule has 1 amide bonds. The van der Waals surface area contributed by atoms with Gasteiger partial charge in [-0.1, -0.05) is 12.8 Å². The molecule has 1 aliphatic rings. The molecule has 7 nitrogen and oxygen atoms in total. The number of carboxylic acids is 1. The van der Waals surface area contributed by atoms with E-state index in [9.17, 15) is 19.5 Å². The minimum Gasteiger partial charge on any atom is -0.477 e. The average Bonchev–Trinajstić information content (AvgIpc) is 2.74. The van der Waals surface area contributed by atoms with Gasteiger partial charge in [-0.05, 0) is 25.3 Å². The molecule has 1 N–H and O–H groups in total. The van der Waals surface area contributed by atoms with Crippen molar-refractivity contribution >= 4 is 33.4 Å². The largest absolute Gasteiger partial charge is 0.477 e. The summed E-state index contributed by atoms with van der Waals surface area (Å²) in [4.78, 5) is 42.8. The van der Waals surface area contributed by atoms with E-state index < -0.39 is 5.97 Å². The third-order valence-electron chi connectivity index (χ3n) is 4.38. The van der Waals surface area contributed by atoms with Crippen LogP contribution in [0.5, 0.6) is 0 Å². The molecule has 1 aliphatic heterocycles. The molecule has 0 saturated carbocycles. The van der Waals surface area contributed by atoms with Crippen LogP contribution in [0.2, 0.25) is 0 Å². The maximum atomic E-state index is 12.6. The lowest BCUT2D eigenvalue weighted by molar-refractivity contribution is -0.131. The Morgan fingerprint density at radius 3 is 2.54 bits per heavy atom. The molecule has 0 aliphatic carbocycles. The summed E-state index contributed by atoms with van der Waals surface area (Å²) in [5.74, 6) is -1.16. The van der Waals surface area contributed by atoms with Crippen molar-refractivity contribution in [3.63, 3.8) is 0 Å². The minimum absolute atomic E-state index is 0.0561. The maximum absolute atomic E-state index is 12.6. The van der Waals surface area contributed by atoms with Crippen molar-refractivity contribution in [2.75, 3.05) is 13.1 Å². The highest BCUT2D eigenvalue weighted by Crippen LogP contribution is 2.26. The van der Waals surface area contributed by atoms with Crippen LogP contribution >= 0.6 is 11.3 Å². The zero-order valence-corrected chi connectivity index (χ0v) is 14.3. The van der Waals surface area contributed by atoms with E-state index in [2.05, 4.69) is 4.98 Å².